The van der Waals surface area contributed by atoms with Crippen LogP contribution in [0.4, 0.5) is 24.8 Å². The predicted octanol–water partition coefficient (Wildman–Crippen LogP) is 1.74. The van der Waals surface area contributed by atoms with E-state index >= 15 is 0 Å². The zero-order valence-electron chi connectivity index (χ0n) is 14.5. The van der Waals surface area contributed by atoms with Gasteiger partial charge in [0.1, 0.15) is 5.75 Å². The first-order valence-electron chi connectivity index (χ1n) is 8.42. The van der Waals surface area contributed by atoms with Crippen molar-refractivity contribution in [2.24, 2.45) is 0 Å². The fourth-order valence-corrected chi connectivity index (χ4v) is 2.94. The molecule has 146 valence electrons. The number of ether oxygens (including phenoxy) is 1. The van der Waals surface area contributed by atoms with Gasteiger partial charge < -0.3 is 20.5 Å². The molecule has 0 spiro atoms. The van der Waals surface area contributed by atoms with Crippen LogP contribution in [0.3, 0.4) is 0 Å². The average molecular weight is 383 g/mol. The third kappa shape index (κ3) is 4.98. The van der Waals surface area contributed by atoms with E-state index in [-0.39, 0.29) is 18.2 Å². The topological polar surface area (TPSA) is 87.7 Å². The number of nitrogen functional groups attached to an aromatic ring is 1. The maximum atomic E-state index is 12.4. The van der Waals surface area contributed by atoms with Crippen molar-refractivity contribution in [3.63, 3.8) is 0 Å². The highest BCUT2D eigenvalue weighted by molar-refractivity contribution is 5.67. The predicted molar refractivity (Wildman–Crippen MR) is 94.3 cm³/mol. The van der Waals surface area contributed by atoms with Gasteiger partial charge in [0.25, 0.3) is 0 Å². The molecule has 0 radical (unpaired) electrons. The molecular weight excluding hydrogens is 363 g/mol. The first-order valence-corrected chi connectivity index (χ1v) is 8.42. The van der Waals surface area contributed by atoms with Crippen molar-refractivity contribution in [2.75, 3.05) is 50.0 Å². The van der Waals surface area contributed by atoms with Crippen molar-refractivity contribution in [3.8, 4) is 17.0 Å². The number of hydrogen-bond acceptors (Lipinski definition) is 7. The normalized spacial score (nSPS) is 15.8. The second-order valence-corrected chi connectivity index (χ2v) is 6.09. The largest absolute Gasteiger partial charge is 0.573 e. The van der Waals surface area contributed by atoms with E-state index in [9.17, 15) is 13.2 Å². The van der Waals surface area contributed by atoms with Gasteiger partial charge in [-0.05, 0) is 12.1 Å². The highest BCUT2D eigenvalue weighted by Gasteiger charge is 2.31. The Hall–Kier alpha value is -2.59. The molecule has 0 unspecified atom stereocenters. The lowest BCUT2D eigenvalue weighted by Crippen LogP contribution is -2.47. The quantitative estimate of drug-likeness (QED) is 0.813. The van der Waals surface area contributed by atoms with Crippen LogP contribution >= 0.6 is 0 Å². The van der Waals surface area contributed by atoms with E-state index in [4.69, 9.17) is 10.8 Å². The Morgan fingerprint density at radius 1 is 1.19 bits per heavy atom. The number of rotatable bonds is 5. The number of nitrogens with two attached hydrogens (primary N) is 1. The molecule has 27 heavy (non-hydrogen) atoms. The van der Waals surface area contributed by atoms with Crippen LogP contribution in [0.25, 0.3) is 11.3 Å². The van der Waals surface area contributed by atoms with E-state index in [0.29, 0.717) is 36.7 Å². The zero-order valence-corrected chi connectivity index (χ0v) is 14.5. The number of nitrogens with zero attached hydrogens (tertiary/aromatic N) is 4. The van der Waals surface area contributed by atoms with Crippen molar-refractivity contribution in [1.82, 2.24) is 14.9 Å². The summed E-state index contributed by atoms with van der Waals surface area (Å²) in [4.78, 5) is 12.8. The van der Waals surface area contributed by atoms with E-state index in [0.717, 1.165) is 13.1 Å². The summed E-state index contributed by atoms with van der Waals surface area (Å²) in [6.45, 7) is 3.55. The minimum atomic E-state index is -4.76. The summed E-state index contributed by atoms with van der Waals surface area (Å²) in [5, 5.41) is 9.02. The molecule has 0 atom stereocenters. The summed E-state index contributed by atoms with van der Waals surface area (Å²) in [5.41, 5.74) is 6.82. The summed E-state index contributed by atoms with van der Waals surface area (Å²) in [6.07, 6.45) is -3.33. The molecule has 3 N–H and O–H groups in total. The molecule has 2 aromatic rings. The molecule has 0 amide bonds. The van der Waals surface area contributed by atoms with Gasteiger partial charge in [0, 0.05) is 38.3 Å². The summed E-state index contributed by atoms with van der Waals surface area (Å²) in [6, 6.07) is 5.58. The van der Waals surface area contributed by atoms with E-state index < -0.39 is 6.36 Å². The number of aliphatic hydroxyl groups is 1. The van der Waals surface area contributed by atoms with Crippen LogP contribution in [0, 0.1) is 0 Å². The van der Waals surface area contributed by atoms with E-state index in [1.165, 1.54) is 24.4 Å². The van der Waals surface area contributed by atoms with Crippen LogP contribution in [0.15, 0.2) is 30.5 Å². The smallest absolute Gasteiger partial charge is 0.406 e. The number of anilines is 2. The lowest BCUT2D eigenvalue weighted by molar-refractivity contribution is -0.274. The molecule has 0 saturated carbocycles. The lowest BCUT2D eigenvalue weighted by Gasteiger charge is -2.35. The molecule has 1 aliphatic heterocycles. The number of alkyl halides is 3. The maximum absolute atomic E-state index is 12.4. The number of aromatic nitrogens is 2. The highest BCUT2D eigenvalue weighted by atomic mass is 19.4. The van der Waals surface area contributed by atoms with Crippen LogP contribution in [0.5, 0.6) is 5.75 Å². The number of β-amino-alcohol motifs (C(OH)–C–C–N with tert-alkyl or cyclic N) is 1. The second kappa shape index (κ2) is 7.97. The number of aliphatic hydroxyl groups excluding tert-OH is 1. The average Bonchev–Trinajstić information content (AvgIpc) is 2.62. The van der Waals surface area contributed by atoms with Gasteiger partial charge >= 0.3 is 6.36 Å². The van der Waals surface area contributed by atoms with E-state index in [1.54, 1.807) is 6.07 Å². The summed E-state index contributed by atoms with van der Waals surface area (Å²) >= 11 is 0. The van der Waals surface area contributed by atoms with E-state index in [1.807, 2.05) is 4.90 Å². The molecule has 3 rings (SSSR count). The Morgan fingerprint density at radius 3 is 2.59 bits per heavy atom. The van der Waals surface area contributed by atoms with Crippen LogP contribution < -0.4 is 15.4 Å². The SMILES string of the molecule is Nc1ncc(-c2cccc(OC(F)(F)F)c2)nc1N1CCN(CCO)CC1. The Morgan fingerprint density at radius 2 is 1.93 bits per heavy atom. The number of halogens is 3. The number of piperazine rings is 1. The molecule has 0 bridgehead atoms. The zero-order chi connectivity index (χ0) is 19.4. The van der Waals surface area contributed by atoms with Gasteiger partial charge in [-0.25, -0.2) is 9.97 Å². The molecule has 10 heteroatoms. The number of hydrogen-bond donors (Lipinski definition) is 2. The molecule has 2 heterocycles. The number of benzene rings is 1. The van der Waals surface area contributed by atoms with Gasteiger partial charge in [0.05, 0.1) is 18.5 Å². The van der Waals surface area contributed by atoms with Crippen molar-refractivity contribution in [2.45, 2.75) is 6.36 Å². The minimum absolute atomic E-state index is 0.105. The first kappa shape index (κ1) is 19.2. The van der Waals surface area contributed by atoms with E-state index in [2.05, 4.69) is 19.6 Å². The highest BCUT2D eigenvalue weighted by Crippen LogP contribution is 2.29. The minimum Gasteiger partial charge on any atom is -0.406 e. The molecule has 0 aliphatic carbocycles. The third-order valence-corrected chi connectivity index (χ3v) is 4.23. The monoisotopic (exact) mass is 383 g/mol. The fourth-order valence-electron chi connectivity index (χ4n) is 2.94. The molecule has 7 nitrogen and oxygen atoms in total. The van der Waals surface area contributed by atoms with Crippen molar-refractivity contribution in [3.05, 3.63) is 30.5 Å². The molecule has 1 aliphatic rings. The Balaban J connectivity index is 1.81. The van der Waals surface area contributed by atoms with Crippen molar-refractivity contribution < 1.29 is 23.0 Å². The van der Waals surface area contributed by atoms with Crippen LogP contribution in [0.1, 0.15) is 0 Å². The van der Waals surface area contributed by atoms with Gasteiger partial charge in [-0.1, -0.05) is 12.1 Å². The maximum Gasteiger partial charge on any atom is 0.573 e. The van der Waals surface area contributed by atoms with Crippen molar-refractivity contribution >= 4 is 11.6 Å². The van der Waals surface area contributed by atoms with Crippen LogP contribution in [0.2, 0.25) is 0 Å². The Labute approximate surface area is 154 Å². The second-order valence-electron chi connectivity index (χ2n) is 6.09. The standard InChI is InChI=1S/C17H20F3N5O2/c18-17(19,20)27-13-3-1-2-12(10-13)14-11-22-15(21)16(23-14)25-6-4-24(5-7-25)8-9-26/h1-3,10-11,26H,4-9H2,(H2,21,22). The van der Waals surface area contributed by atoms with Crippen molar-refractivity contribution in [1.29, 1.82) is 0 Å². The summed E-state index contributed by atoms with van der Waals surface area (Å²) in [7, 11) is 0. The van der Waals surface area contributed by atoms with Gasteiger partial charge in [-0.15, -0.1) is 13.2 Å². The molecule has 1 fully saturated rings. The first-order chi connectivity index (χ1) is 12.9. The molecule has 1 saturated heterocycles. The Bertz CT molecular complexity index is 779. The van der Waals surface area contributed by atoms with Gasteiger partial charge in [0.2, 0.25) is 0 Å². The third-order valence-electron chi connectivity index (χ3n) is 4.23. The molecule has 1 aromatic heterocycles. The van der Waals surface area contributed by atoms with Gasteiger partial charge in [0.15, 0.2) is 11.6 Å². The Kier molecular flexibility index (Phi) is 5.66. The molecular formula is C17H20F3N5O2. The summed E-state index contributed by atoms with van der Waals surface area (Å²) < 4.78 is 41.2. The lowest BCUT2D eigenvalue weighted by atomic mass is 10.1. The fraction of sp³-hybridized carbons (Fsp3) is 0.412. The summed E-state index contributed by atoms with van der Waals surface area (Å²) in [5.74, 6) is 0.438. The van der Waals surface area contributed by atoms with Gasteiger partial charge in [-0.2, -0.15) is 0 Å². The molecule has 1 aromatic carbocycles. The van der Waals surface area contributed by atoms with Crippen LogP contribution in [-0.2, 0) is 0 Å². The van der Waals surface area contributed by atoms with Crippen LogP contribution in [-0.4, -0.2) is 65.7 Å². The van der Waals surface area contributed by atoms with Gasteiger partial charge in [-0.3, -0.25) is 4.90 Å².